The van der Waals surface area contributed by atoms with E-state index in [-0.39, 0.29) is 24.5 Å². The molecule has 1 N–H and O–H groups in total. The molecule has 32 heavy (non-hydrogen) atoms. The summed E-state index contributed by atoms with van der Waals surface area (Å²) in [7, 11) is 0. The SMILES string of the molecule is O=C(O)Oc1cccc2c1ccn2Cc1cc(Cl)ccc1OCc1ccc(F)c(F)c1F. The molecular formula is C23H15ClF3NO4. The molecule has 5 nitrogen and oxygen atoms in total. The fourth-order valence-electron chi connectivity index (χ4n) is 3.34. The van der Waals surface area contributed by atoms with Crippen molar-refractivity contribution in [1.29, 1.82) is 0 Å². The fraction of sp³-hybridized carbons (Fsp3) is 0.0870. The van der Waals surface area contributed by atoms with Crippen LogP contribution < -0.4 is 9.47 Å². The van der Waals surface area contributed by atoms with Gasteiger partial charge in [-0.2, -0.15) is 0 Å². The number of ether oxygens (including phenoxy) is 2. The van der Waals surface area contributed by atoms with Crippen molar-refractivity contribution in [3.05, 3.63) is 94.4 Å². The summed E-state index contributed by atoms with van der Waals surface area (Å²) in [4.78, 5) is 10.9. The molecule has 9 heteroatoms. The molecule has 0 spiro atoms. The van der Waals surface area contributed by atoms with Crippen molar-refractivity contribution in [2.75, 3.05) is 0 Å². The Bertz CT molecular complexity index is 1320. The van der Waals surface area contributed by atoms with Gasteiger partial charge in [-0.15, -0.1) is 0 Å². The highest BCUT2D eigenvalue weighted by Gasteiger charge is 2.15. The minimum absolute atomic E-state index is 0.133. The van der Waals surface area contributed by atoms with Crippen LogP contribution >= 0.6 is 11.6 Å². The van der Waals surface area contributed by atoms with Gasteiger partial charge in [-0.25, -0.2) is 18.0 Å². The molecule has 0 aliphatic carbocycles. The highest BCUT2D eigenvalue weighted by Crippen LogP contribution is 2.30. The molecule has 0 fully saturated rings. The second kappa shape index (κ2) is 8.84. The van der Waals surface area contributed by atoms with Crippen molar-refractivity contribution >= 4 is 28.7 Å². The molecule has 0 atom stereocenters. The summed E-state index contributed by atoms with van der Waals surface area (Å²) in [6.07, 6.45) is 0.333. The zero-order valence-corrected chi connectivity index (χ0v) is 17.1. The number of benzene rings is 3. The summed E-state index contributed by atoms with van der Waals surface area (Å²) in [5, 5.41) is 9.95. The third-order valence-electron chi connectivity index (χ3n) is 4.83. The largest absolute Gasteiger partial charge is 0.511 e. The van der Waals surface area contributed by atoms with Crippen LogP contribution in [0.4, 0.5) is 18.0 Å². The highest BCUT2D eigenvalue weighted by molar-refractivity contribution is 6.30. The zero-order chi connectivity index (χ0) is 22.8. The number of rotatable bonds is 6. The van der Waals surface area contributed by atoms with Crippen LogP contribution in [0.3, 0.4) is 0 Å². The molecule has 0 amide bonds. The lowest BCUT2D eigenvalue weighted by Gasteiger charge is -2.14. The van der Waals surface area contributed by atoms with Crippen LogP contribution in [-0.4, -0.2) is 15.8 Å². The van der Waals surface area contributed by atoms with Gasteiger partial charge in [0.1, 0.15) is 18.1 Å². The van der Waals surface area contributed by atoms with Crippen LogP contribution in [0.2, 0.25) is 5.02 Å². The second-order valence-corrected chi connectivity index (χ2v) is 7.31. The lowest BCUT2D eigenvalue weighted by Crippen LogP contribution is -2.06. The number of hydrogen-bond acceptors (Lipinski definition) is 3. The summed E-state index contributed by atoms with van der Waals surface area (Å²) in [6, 6.07) is 13.5. The summed E-state index contributed by atoms with van der Waals surface area (Å²) >= 11 is 6.14. The Morgan fingerprint density at radius 2 is 1.78 bits per heavy atom. The van der Waals surface area contributed by atoms with Crippen molar-refractivity contribution < 1.29 is 32.5 Å². The molecule has 0 aliphatic heterocycles. The van der Waals surface area contributed by atoms with Gasteiger partial charge >= 0.3 is 6.16 Å². The van der Waals surface area contributed by atoms with Gasteiger partial charge in [0, 0.05) is 27.7 Å². The fourth-order valence-corrected chi connectivity index (χ4v) is 3.54. The molecule has 4 aromatic rings. The van der Waals surface area contributed by atoms with Crippen LogP contribution in [0.15, 0.2) is 60.8 Å². The van der Waals surface area contributed by atoms with E-state index in [0.29, 0.717) is 27.2 Å². The van der Waals surface area contributed by atoms with Gasteiger partial charge in [-0.3, -0.25) is 0 Å². The van der Waals surface area contributed by atoms with E-state index in [2.05, 4.69) is 0 Å². The predicted octanol–water partition coefficient (Wildman–Crippen LogP) is 6.40. The van der Waals surface area contributed by atoms with E-state index >= 15 is 0 Å². The Balaban J connectivity index is 1.62. The molecule has 1 aromatic heterocycles. The van der Waals surface area contributed by atoms with E-state index in [1.165, 1.54) is 0 Å². The average molecular weight is 462 g/mol. The molecular weight excluding hydrogens is 447 g/mol. The van der Waals surface area contributed by atoms with Crippen LogP contribution in [0, 0.1) is 17.5 Å². The first kappa shape index (κ1) is 21.6. The minimum Gasteiger partial charge on any atom is -0.488 e. The van der Waals surface area contributed by atoms with Crippen LogP contribution in [-0.2, 0) is 13.2 Å². The normalized spacial score (nSPS) is 11.0. The maximum atomic E-state index is 14.0. The van der Waals surface area contributed by atoms with Crippen LogP contribution in [0.1, 0.15) is 11.1 Å². The first-order valence-corrected chi connectivity index (χ1v) is 9.73. The molecule has 0 aliphatic rings. The third-order valence-corrected chi connectivity index (χ3v) is 5.07. The van der Waals surface area contributed by atoms with Gasteiger partial charge in [-0.1, -0.05) is 17.7 Å². The van der Waals surface area contributed by atoms with Gasteiger partial charge < -0.3 is 19.1 Å². The number of nitrogens with zero attached hydrogens (tertiary/aromatic N) is 1. The predicted molar refractivity (Wildman–Crippen MR) is 112 cm³/mol. The molecule has 0 saturated carbocycles. The standard InChI is InChI=1S/C23H15ClF3NO4/c24-15-5-7-19(31-12-13-4-6-17(25)22(27)21(13)26)14(10-15)11-28-9-8-16-18(28)2-1-3-20(16)32-23(29)30/h1-10H,11-12H2,(H,29,30). The van der Waals surface area contributed by atoms with E-state index < -0.39 is 23.6 Å². The molecule has 4 rings (SSSR count). The van der Waals surface area contributed by atoms with E-state index in [4.69, 9.17) is 26.2 Å². The maximum Gasteiger partial charge on any atom is 0.511 e. The van der Waals surface area contributed by atoms with Gasteiger partial charge in [0.05, 0.1) is 12.1 Å². The van der Waals surface area contributed by atoms with Crippen LogP contribution in [0.25, 0.3) is 10.9 Å². The second-order valence-electron chi connectivity index (χ2n) is 6.88. The Morgan fingerprint density at radius 1 is 0.969 bits per heavy atom. The van der Waals surface area contributed by atoms with Gasteiger partial charge in [0.25, 0.3) is 0 Å². The van der Waals surface area contributed by atoms with E-state index in [0.717, 1.165) is 12.1 Å². The van der Waals surface area contributed by atoms with Gasteiger partial charge in [0.2, 0.25) is 0 Å². The summed E-state index contributed by atoms with van der Waals surface area (Å²) in [5.41, 5.74) is 1.22. The summed E-state index contributed by atoms with van der Waals surface area (Å²) < 4.78 is 52.9. The smallest absolute Gasteiger partial charge is 0.488 e. The Morgan fingerprint density at radius 3 is 2.56 bits per heavy atom. The van der Waals surface area contributed by atoms with Crippen molar-refractivity contribution in [2.45, 2.75) is 13.2 Å². The minimum atomic E-state index is -1.55. The lowest BCUT2D eigenvalue weighted by atomic mass is 10.1. The number of fused-ring (bicyclic) bond motifs is 1. The molecule has 164 valence electrons. The maximum absolute atomic E-state index is 14.0. The summed E-state index contributed by atoms with van der Waals surface area (Å²) in [6.45, 7) is -0.0309. The molecule has 0 radical (unpaired) electrons. The van der Waals surface area contributed by atoms with Crippen molar-refractivity contribution in [3.63, 3.8) is 0 Å². The number of carbonyl (C=O) groups is 1. The topological polar surface area (TPSA) is 60.7 Å². The Labute approximate surface area is 185 Å². The number of carboxylic acid groups (broad SMARTS) is 1. The van der Waals surface area contributed by atoms with E-state index in [9.17, 15) is 18.0 Å². The third kappa shape index (κ3) is 4.36. The quantitative estimate of drug-likeness (QED) is 0.205. The zero-order valence-electron chi connectivity index (χ0n) is 16.3. The molecule has 0 bridgehead atoms. The number of aromatic nitrogens is 1. The highest BCUT2D eigenvalue weighted by atomic mass is 35.5. The van der Waals surface area contributed by atoms with E-state index in [1.807, 2.05) is 4.57 Å². The molecule has 0 unspecified atom stereocenters. The summed E-state index contributed by atoms with van der Waals surface area (Å²) in [5.74, 6) is -3.56. The number of halogens is 4. The van der Waals surface area contributed by atoms with Crippen molar-refractivity contribution in [2.24, 2.45) is 0 Å². The average Bonchev–Trinajstić information content (AvgIpc) is 3.16. The van der Waals surface area contributed by atoms with Crippen LogP contribution in [0.5, 0.6) is 11.5 Å². The van der Waals surface area contributed by atoms with Gasteiger partial charge in [0.15, 0.2) is 17.5 Å². The molecule has 0 saturated heterocycles. The Hall–Kier alpha value is -3.65. The van der Waals surface area contributed by atoms with E-state index in [1.54, 1.807) is 48.7 Å². The molecule has 3 aromatic carbocycles. The Kier molecular flexibility index (Phi) is 5.96. The van der Waals surface area contributed by atoms with Gasteiger partial charge in [-0.05, 0) is 48.5 Å². The first-order valence-electron chi connectivity index (χ1n) is 9.35. The van der Waals surface area contributed by atoms with Crippen molar-refractivity contribution in [3.8, 4) is 11.5 Å². The number of hydrogen-bond donors (Lipinski definition) is 1. The monoisotopic (exact) mass is 461 g/mol. The lowest BCUT2D eigenvalue weighted by molar-refractivity contribution is 0.145. The first-order chi connectivity index (χ1) is 15.3. The van der Waals surface area contributed by atoms with Crippen molar-refractivity contribution in [1.82, 2.24) is 4.57 Å². The molecule has 1 heterocycles.